The van der Waals surface area contributed by atoms with Crippen molar-refractivity contribution in [3.05, 3.63) is 42.9 Å². The highest BCUT2D eigenvalue weighted by Crippen LogP contribution is 2.30. The van der Waals surface area contributed by atoms with Gasteiger partial charge in [-0.2, -0.15) is 10.1 Å². The van der Waals surface area contributed by atoms with Crippen LogP contribution in [0.5, 0.6) is 11.9 Å². The normalized spacial score (nSPS) is 16.5. The number of methoxy groups -OCH3 is 1. The molecule has 5 rings (SSSR count). The van der Waals surface area contributed by atoms with Crippen LogP contribution in [0, 0.1) is 0 Å². The molecule has 152 valence electrons. The van der Waals surface area contributed by atoms with Crippen LogP contribution in [0.15, 0.2) is 42.9 Å². The number of hydrogen-bond acceptors (Lipinski definition) is 8. The number of nitrogens with zero attached hydrogens (tertiary/aromatic N) is 5. The van der Waals surface area contributed by atoms with Crippen molar-refractivity contribution in [3.63, 3.8) is 0 Å². The molecule has 0 spiro atoms. The number of hydrogen-bond donors (Lipinski definition) is 2. The van der Waals surface area contributed by atoms with E-state index in [4.69, 9.17) is 9.47 Å². The molecule has 1 atom stereocenters. The van der Waals surface area contributed by atoms with Gasteiger partial charge in [0, 0.05) is 23.7 Å². The molecule has 1 unspecified atom stereocenters. The van der Waals surface area contributed by atoms with E-state index >= 15 is 0 Å². The van der Waals surface area contributed by atoms with E-state index in [1.807, 2.05) is 24.3 Å². The minimum atomic E-state index is 0.110. The lowest BCUT2D eigenvalue weighted by Crippen LogP contribution is -2.37. The highest BCUT2D eigenvalue weighted by molar-refractivity contribution is 5.94. The number of ether oxygens (including phenoxy) is 2. The number of nitrogens with one attached hydrogen (secondary N) is 2. The van der Waals surface area contributed by atoms with Crippen LogP contribution in [0.1, 0.15) is 12.8 Å². The average molecular weight is 403 g/mol. The Kier molecular flexibility index (Phi) is 4.94. The summed E-state index contributed by atoms with van der Waals surface area (Å²) in [5, 5.41) is 11.8. The summed E-state index contributed by atoms with van der Waals surface area (Å²) in [5.74, 6) is 0.508. The molecule has 4 heterocycles. The van der Waals surface area contributed by atoms with Gasteiger partial charge in [0.15, 0.2) is 0 Å². The molecule has 0 bridgehead atoms. The number of benzene rings is 1. The predicted octanol–water partition coefficient (Wildman–Crippen LogP) is 2.62. The zero-order valence-corrected chi connectivity index (χ0v) is 16.5. The zero-order valence-electron chi connectivity index (χ0n) is 16.5. The Bertz CT molecular complexity index is 1170. The molecule has 1 aliphatic heterocycles. The van der Waals surface area contributed by atoms with Gasteiger partial charge >= 0.3 is 6.01 Å². The molecule has 0 aliphatic carbocycles. The summed E-state index contributed by atoms with van der Waals surface area (Å²) >= 11 is 0. The van der Waals surface area contributed by atoms with Gasteiger partial charge in [-0.25, -0.2) is 9.97 Å². The molecule has 9 nitrogen and oxygen atoms in total. The molecule has 3 aromatic heterocycles. The van der Waals surface area contributed by atoms with Crippen LogP contribution in [0.3, 0.4) is 0 Å². The Labute approximate surface area is 172 Å². The molecule has 1 saturated heterocycles. The van der Waals surface area contributed by atoms with E-state index < -0.39 is 0 Å². The van der Waals surface area contributed by atoms with Gasteiger partial charge in [-0.05, 0) is 37.6 Å². The largest absolute Gasteiger partial charge is 0.472 e. The zero-order chi connectivity index (χ0) is 20.3. The van der Waals surface area contributed by atoms with Gasteiger partial charge in [-0.15, -0.1) is 0 Å². The molecule has 0 saturated carbocycles. The van der Waals surface area contributed by atoms with Gasteiger partial charge in [0.05, 0.1) is 30.7 Å². The van der Waals surface area contributed by atoms with Crippen molar-refractivity contribution < 1.29 is 9.47 Å². The Morgan fingerprint density at radius 1 is 1.10 bits per heavy atom. The minimum Gasteiger partial charge on any atom is -0.472 e. The van der Waals surface area contributed by atoms with Gasteiger partial charge in [0.2, 0.25) is 5.88 Å². The summed E-state index contributed by atoms with van der Waals surface area (Å²) in [4.78, 5) is 17.5. The highest BCUT2D eigenvalue weighted by Gasteiger charge is 2.17. The molecule has 4 aromatic rings. The van der Waals surface area contributed by atoms with Crippen molar-refractivity contribution in [1.29, 1.82) is 0 Å². The third kappa shape index (κ3) is 3.67. The summed E-state index contributed by atoms with van der Waals surface area (Å²) in [7, 11) is 1.55. The minimum absolute atomic E-state index is 0.110. The van der Waals surface area contributed by atoms with Crippen molar-refractivity contribution >= 4 is 10.9 Å². The Morgan fingerprint density at radius 3 is 2.93 bits per heavy atom. The van der Waals surface area contributed by atoms with Crippen LogP contribution >= 0.6 is 0 Å². The van der Waals surface area contributed by atoms with Crippen molar-refractivity contribution in [2.24, 2.45) is 0 Å². The highest BCUT2D eigenvalue weighted by atomic mass is 16.5. The second-order valence-electron chi connectivity index (χ2n) is 7.09. The van der Waals surface area contributed by atoms with Crippen LogP contribution in [0.2, 0.25) is 0 Å². The molecule has 2 N–H and O–H groups in total. The quantitative estimate of drug-likeness (QED) is 0.523. The first-order valence-electron chi connectivity index (χ1n) is 9.85. The van der Waals surface area contributed by atoms with Crippen LogP contribution in [-0.4, -0.2) is 56.4 Å². The third-order valence-electron chi connectivity index (χ3n) is 5.07. The fourth-order valence-corrected chi connectivity index (χ4v) is 3.58. The van der Waals surface area contributed by atoms with Gasteiger partial charge in [0.25, 0.3) is 0 Å². The lowest BCUT2D eigenvalue weighted by atomic mass is 10.1. The number of piperidine rings is 1. The lowest BCUT2D eigenvalue weighted by molar-refractivity contribution is 0.160. The summed E-state index contributed by atoms with van der Waals surface area (Å²) in [6.45, 7) is 1.86. The van der Waals surface area contributed by atoms with Crippen LogP contribution < -0.4 is 14.8 Å². The molecule has 1 aliphatic rings. The topological polar surface area (TPSA) is 111 Å². The van der Waals surface area contributed by atoms with Crippen LogP contribution in [0.4, 0.5) is 0 Å². The fraction of sp³-hybridized carbons (Fsp3) is 0.286. The Hall–Kier alpha value is -3.59. The lowest BCUT2D eigenvalue weighted by Gasteiger charge is -2.23. The maximum absolute atomic E-state index is 6.02. The van der Waals surface area contributed by atoms with Crippen molar-refractivity contribution in [1.82, 2.24) is 35.5 Å². The van der Waals surface area contributed by atoms with E-state index in [2.05, 4.69) is 35.5 Å². The van der Waals surface area contributed by atoms with Gasteiger partial charge < -0.3 is 14.8 Å². The van der Waals surface area contributed by atoms with Gasteiger partial charge in [-0.3, -0.25) is 10.1 Å². The molecule has 30 heavy (non-hydrogen) atoms. The van der Waals surface area contributed by atoms with E-state index in [1.165, 1.54) is 0 Å². The summed E-state index contributed by atoms with van der Waals surface area (Å²) in [6.07, 6.45) is 7.23. The third-order valence-corrected chi connectivity index (χ3v) is 5.07. The number of aromatic nitrogens is 6. The second-order valence-corrected chi connectivity index (χ2v) is 7.09. The van der Waals surface area contributed by atoms with E-state index in [1.54, 1.807) is 25.7 Å². The molecular weight excluding hydrogens is 382 g/mol. The molecule has 0 amide bonds. The second kappa shape index (κ2) is 8.03. The van der Waals surface area contributed by atoms with Crippen LogP contribution in [0.25, 0.3) is 33.5 Å². The van der Waals surface area contributed by atoms with E-state index in [0.717, 1.165) is 48.1 Å². The SMILES string of the molecule is COc1nccc(-c2ccc3[nH]nc(-c4cncc(OC5CCCNC5)n4)c3c2)n1. The van der Waals surface area contributed by atoms with E-state index in [-0.39, 0.29) is 6.10 Å². The number of H-pyrrole nitrogens is 1. The van der Waals surface area contributed by atoms with Crippen molar-refractivity contribution in [3.8, 4) is 34.5 Å². The number of fused-ring (bicyclic) bond motifs is 1. The number of rotatable bonds is 5. The predicted molar refractivity (Wildman–Crippen MR) is 111 cm³/mol. The standard InChI is InChI=1S/C21H21N7O2/c1-29-21-24-8-6-16(26-21)13-4-5-17-15(9-13)20(28-27-17)18-11-23-12-19(25-18)30-14-3-2-7-22-10-14/h4-6,8-9,11-12,14,22H,2-3,7,10H2,1H3,(H,27,28). The first-order chi connectivity index (χ1) is 14.8. The first kappa shape index (κ1) is 18.4. The molecule has 1 fully saturated rings. The fourth-order valence-electron chi connectivity index (χ4n) is 3.58. The summed E-state index contributed by atoms with van der Waals surface area (Å²) in [5.41, 5.74) is 3.97. The Balaban J connectivity index is 1.49. The monoisotopic (exact) mass is 403 g/mol. The summed E-state index contributed by atoms with van der Waals surface area (Å²) < 4.78 is 11.2. The molecule has 1 aromatic carbocycles. The van der Waals surface area contributed by atoms with Gasteiger partial charge in [0.1, 0.15) is 17.5 Å². The van der Waals surface area contributed by atoms with Gasteiger partial charge in [-0.1, -0.05) is 6.07 Å². The van der Waals surface area contributed by atoms with Crippen molar-refractivity contribution in [2.45, 2.75) is 18.9 Å². The molecular formula is C21H21N7O2. The smallest absolute Gasteiger partial charge is 0.316 e. The average Bonchev–Trinajstić information content (AvgIpc) is 3.23. The van der Waals surface area contributed by atoms with E-state index in [0.29, 0.717) is 23.3 Å². The first-order valence-corrected chi connectivity index (χ1v) is 9.85. The summed E-state index contributed by atoms with van der Waals surface area (Å²) in [6, 6.07) is 8.14. The molecule has 0 radical (unpaired) electrons. The maximum atomic E-state index is 6.02. The Morgan fingerprint density at radius 2 is 2.07 bits per heavy atom. The maximum Gasteiger partial charge on any atom is 0.316 e. The molecule has 9 heteroatoms. The number of aromatic amines is 1. The van der Waals surface area contributed by atoms with Crippen LogP contribution in [-0.2, 0) is 0 Å². The van der Waals surface area contributed by atoms with Crippen molar-refractivity contribution in [2.75, 3.05) is 20.2 Å². The van der Waals surface area contributed by atoms with E-state index in [9.17, 15) is 0 Å².